The predicted octanol–water partition coefficient (Wildman–Crippen LogP) is 4.45. The highest BCUT2D eigenvalue weighted by atomic mass is 16.5. The number of fused-ring (bicyclic) bond motifs is 2. The third-order valence-corrected chi connectivity index (χ3v) is 6.34. The van der Waals surface area contributed by atoms with E-state index in [4.69, 9.17) is 9.15 Å². The number of hydrogen-bond acceptors (Lipinski definition) is 5. The lowest BCUT2D eigenvalue weighted by atomic mass is 9.75. The number of amides is 1. The van der Waals surface area contributed by atoms with Crippen molar-refractivity contribution in [2.24, 2.45) is 11.8 Å². The first-order valence-corrected chi connectivity index (χ1v) is 10.5. The number of aromatic nitrogens is 2. The van der Waals surface area contributed by atoms with E-state index in [9.17, 15) is 4.79 Å². The van der Waals surface area contributed by atoms with E-state index in [1.54, 1.807) is 12.4 Å². The van der Waals surface area contributed by atoms with Gasteiger partial charge in [0.05, 0.1) is 0 Å². The summed E-state index contributed by atoms with van der Waals surface area (Å²) in [6, 6.07) is 7.75. The van der Waals surface area contributed by atoms with E-state index >= 15 is 0 Å². The molecule has 3 heterocycles. The van der Waals surface area contributed by atoms with Crippen LogP contribution in [0, 0.1) is 11.8 Å². The fourth-order valence-corrected chi connectivity index (χ4v) is 4.78. The van der Waals surface area contributed by atoms with E-state index in [-0.39, 0.29) is 12.5 Å². The molecular formula is C23H25N3O3. The smallest absolute Gasteiger partial charge is 0.275 e. The predicted molar refractivity (Wildman–Crippen MR) is 109 cm³/mol. The minimum atomic E-state index is -0.0275. The lowest BCUT2D eigenvalue weighted by Crippen LogP contribution is -2.44. The van der Waals surface area contributed by atoms with Gasteiger partial charge in [-0.2, -0.15) is 0 Å². The fraction of sp³-hybridized carbons (Fsp3) is 0.435. The Morgan fingerprint density at radius 2 is 2.07 bits per heavy atom. The third kappa shape index (κ3) is 3.71. The van der Waals surface area contributed by atoms with E-state index < -0.39 is 0 Å². The Kier molecular flexibility index (Phi) is 4.92. The second kappa shape index (κ2) is 7.85. The first-order valence-electron chi connectivity index (χ1n) is 10.5. The number of pyridine rings is 1. The Balaban J connectivity index is 1.24. The zero-order valence-corrected chi connectivity index (χ0v) is 16.4. The molecule has 29 heavy (non-hydrogen) atoms. The largest absolute Gasteiger partial charge is 0.483 e. The topological polar surface area (TPSA) is 68.5 Å². The molecular weight excluding hydrogens is 366 g/mol. The number of nitrogens with zero attached hydrogens (tertiary/aromatic N) is 3. The van der Waals surface area contributed by atoms with Gasteiger partial charge < -0.3 is 14.1 Å². The van der Waals surface area contributed by atoms with E-state index in [0.717, 1.165) is 42.0 Å². The van der Waals surface area contributed by atoms with Crippen LogP contribution in [-0.4, -0.2) is 33.9 Å². The van der Waals surface area contributed by atoms with Crippen molar-refractivity contribution >= 4 is 16.7 Å². The summed E-state index contributed by atoms with van der Waals surface area (Å²) in [6.45, 7) is 1.86. The first kappa shape index (κ1) is 18.2. The zero-order valence-electron chi connectivity index (χ0n) is 16.4. The van der Waals surface area contributed by atoms with E-state index in [1.165, 1.54) is 31.9 Å². The molecule has 2 atom stereocenters. The lowest BCUT2D eigenvalue weighted by Gasteiger charge is -2.41. The molecule has 2 aliphatic rings. The molecule has 0 spiro atoms. The number of rotatable bonds is 4. The maximum absolute atomic E-state index is 12.9. The van der Waals surface area contributed by atoms with Gasteiger partial charge in [0.15, 0.2) is 12.3 Å². The molecule has 150 valence electrons. The van der Waals surface area contributed by atoms with Crippen LogP contribution in [-0.2, 0) is 6.61 Å². The van der Waals surface area contributed by atoms with Crippen molar-refractivity contribution in [2.45, 2.75) is 38.7 Å². The van der Waals surface area contributed by atoms with Crippen LogP contribution in [0.15, 0.2) is 47.3 Å². The summed E-state index contributed by atoms with van der Waals surface area (Å²) in [5, 5.41) is 2.00. The fourth-order valence-electron chi connectivity index (χ4n) is 4.78. The second-order valence-electron chi connectivity index (χ2n) is 8.11. The Bertz CT molecular complexity index is 1010. The molecule has 3 aromatic rings. The molecule has 1 aromatic carbocycles. The standard InChI is InChI=1S/C23H25N3O3/c27-23(26-11-9-16-4-1-2-5-18(16)13-26)20-14-29-22(25-20)15-28-21-7-3-6-17-12-24-10-8-19(17)21/h3,6-8,10,12,14,16,18H,1-2,4-5,9,11,13,15H2/t16-,18-/m0/s1. The van der Waals surface area contributed by atoms with E-state index in [0.29, 0.717) is 17.5 Å². The number of hydrogen-bond donors (Lipinski definition) is 0. The summed E-state index contributed by atoms with van der Waals surface area (Å²) in [5.74, 6) is 2.57. The van der Waals surface area contributed by atoms with Gasteiger partial charge in [-0.3, -0.25) is 9.78 Å². The highest BCUT2D eigenvalue weighted by Gasteiger charge is 2.34. The van der Waals surface area contributed by atoms with Gasteiger partial charge in [-0.15, -0.1) is 0 Å². The van der Waals surface area contributed by atoms with Crippen LogP contribution in [0.25, 0.3) is 10.8 Å². The van der Waals surface area contributed by atoms with Crippen LogP contribution in [0.3, 0.4) is 0 Å². The van der Waals surface area contributed by atoms with Gasteiger partial charge in [-0.1, -0.05) is 31.4 Å². The summed E-state index contributed by atoms with van der Waals surface area (Å²) < 4.78 is 11.4. The summed E-state index contributed by atoms with van der Waals surface area (Å²) in [6.07, 6.45) is 11.3. The minimum absolute atomic E-state index is 0.0275. The van der Waals surface area contributed by atoms with Gasteiger partial charge >= 0.3 is 0 Å². The molecule has 1 aliphatic carbocycles. The van der Waals surface area contributed by atoms with Crippen molar-refractivity contribution in [2.75, 3.05) is 13.1 Å². The van der Waals surface area contributed by atoms with Crippen LogP contribution < -0.4 is 4.74 Å². The number of carbonyl (C=O) groups is 1. The molecule has 6 nitrogen and oxygen atoms in total. The van der Waals surface area contributed by atoms with Gasteiger partial charge in [0.1, 0.15) is 12.0 Å². The van der Waals surface area contributed by atoms with Crippen molar-refractivity contribution in [1.82, 2.24) is 14.9 Å². The maximum Gasteiger partial charge on any atom is 0.275 e. The second-order valence-corrected chi connectivity index (χ2v) is 8.11. The molecule has 1 aliphatic heterocycles. The van der Waals surface area contributed by atoms with Crippen molar-refractivity contribution < 1.29 is 13.9 Å². The molecule has 0 N–H and O–H groups in total. The molecule has 1 saturated carbocycles. The van der Waals surface area contributed by atoms with Crippen molar-refractivity contribution in [1.29, 1.82) is 0 Å². The van der Waals surface area contributed by atoms with Gasteiger partial charge in [0, 0.05) is 36.3 Å². The average molecular weight is 391 g/mol. The van der Waals surface area contributed by atoms with Crippen LogP contribution >= 0.6 is 0 Å². The Labute approximate surface area is 169 Å². The Hall–Kier alpha value is -2.89. The van der Waals surface area contributed by atoms with Gasteiger partial charge in [0.2, 0.25) is 5.89 Å². The molecule has 2 fully saturated rings. The number of oxazole rings is 1. The summed E-state index contributed by atoms with van der Waals surface area (Å²) >= 11 is 0. The molecule has 0 radical (unpaired) electrons. The van der Waals surface area contributed by atoms with Crippen molar-refractivity contribution in [3.05, 3.63) is 54.5 Å². The van der Waals surface area contributed by atoms with Crippen LogP contribution in [0.2, 0.25) is 0 Å². The molecule has 5 rings (SSSR count). The quantitative estimate of drug-likeness (QED) is 0.657. The Morgan fingerprint density at radius 1 is 1.17 bits per heavy atom. The maximum atomic E-state index is 12.9. The lowest BCUT2D eigenvalue weighted by molar-refractivity contribution is 0.0515. The Morgan fingerprint density at radius 3 is 3.00 bits per heavy atom. The first-order chi connectivity index (χ1) is 14.3. The van der Waals surface area contributed by atoms with Gasteiger partial charge in [-0.25, -0.2) is 4.98 Å². The van der Waals surface area contributed by atoms with Crippen molar-refractivity contribution in [3.8, 4) is 5.75 Å². The van der Waals surface area contributed by atoms with Crippen molar-refractivity contribution in [3.63, 3.8) is 0 Å². The number of likely N-dealkylation sites (tertiary alicyclic amines) is 1. The third-order valence-electron chi connectivity index (χ3n) is 6.34. The average Bonchev–Trinajstić information content (AvgIpc) is 3.26. The number of ether oxygens (including phenoxy) is 1. The highest BCUT2D eigenvalue weighted by Crippen LogP contribution is 2.36. The number of piperidine rings is 1. The van der Waals surface area contributed by atoms with Crippen LogP contribution in [0.1, 0.15) is 48.5 Å². The van der Waals surface area contributed by atoms with E-state index in [1.807, 2.05) is 29.2 Å². The normalized spacial score (nSPS) is 21.7. The SMILES string of the molecule is O=C(c1coc(COc2cccc3cnccc23)n1)N1CC[C@@H]2CCCC[C@H]2C1. The highest BCUT2D eigenvalue weighted by molar-refractivity contribution is 5.92. The summed E-state index contributed by atoms with van der Waals surface area (Å²) in [7, 11) is 0. The van der Waals surface area contributed by atoms with Gasteiger partial charge in [0.25, 0.3) is 5.91 Å². The monoisotopic (exact) mass is 391 g/mol. The van der Waals surface area contributed by atoms with Crippen LogP contribution in [0.4, 0.5) is 0 Å². The van der Waals surface area contributed by atoms with E-state index in [2.05, 4.69) is 9.97 Å². The molecule has 0 unspecified atom stereocenters. The molecule has 2 aromatic heterocycles. The minimum Gasteiger partial charge on any atom is -0.483 e. The molecule has 0 bridgehead atoms. The van der Waals surface area contributed by atoms with Crippen LogP contribution in [0.5, 0.6) is 5.75 Å². The zero-order chi connectivity index (χ0) is 19.6. The number of carbonyl (C=O) groups excluding carboxylic acids is 1. The summed E-state index contributed by atoms with van der Waals surface area (Å²) in [4.78, 5) is 23.4. The molecule has 6 heteroatoms. The number of benzene rings is 1. The molecule has 1 saturated heterocycles. The summed E-state index contributed by atoms with van der Waals surface area (Å²) in [5.41, 5.74) is 0.375. The van der Waals surface area contributed by atoms with Gasteiger partial charge in [-0.05, 0) is 36.8 Å². The molecule has 1 amide bonds.